The molecular weight excluding hydrogens is 463 g/mol. The Bertz CT molecular complexity index is 1390. The number of benzene rings is 3. The molecule has 4 rings (SSSR count). The summed E-state index contributed by atoms with van der Waals surface area (Å²) in [5, 5.41) is 6.51. The fourth-order valence-electron chi connectivity index (χ4n) is 3.12. The van der Waals surface area contributed by atoms with E-state index < -0.39 is 23.8 Å². The summed E-state index contributed by atoms with van der Waals surface area (Å²) in [6.45, 7) is 0. The van der Waals surface area contributed by atoms with Crippen molar-refractivity contribution in [2.24, 2.45) is 5.10 Å². The molecule has 0 saturated heterocycles. The summed E-state index contributed by atoms with van der Waals surface area (Å²) >= 11 is 0. The molecule has 3 N–H and O–H groups in total. The Balaban J connectivity index is 1.37. The van der Waals surface area contributed by atoms with Gasteiger partial charge in [-0.25, -0.2) is 10.4 Å². The monoisotopic (exact) mass is 481 g/mol. The molecule has 0 saturated carbocycles. The number of anilines is 1. The first-order valence-corrected chi connectivity index (χ1v) is 10.2. The number of nitrogens with one attached hydrogen (secondary N) is 3. The molecule has 0 atom stereocenters. The van der Waals surface area contributed by atoms with Crippen LogP contribution < -0.4 is 15.5 Å². The Kier molecular flexibility index (Phi) is 6.49. The molecule has 0 unspecified atom stereocenters. The molecule has 3 aromatic carbocycles. The Hall–Kier alpha value is -4.67. The number of ether oxygens (including phenoxy) is 1. The number of halogens is 3. The van der Waals surface area contributed by atoms with Crippen molar-refractivity contribution in [3.05, 3.63) is 89.2 Å². The van der Waals surface area contributed by atoms with Crippen LogP contribution in [0.1, 0.15) is 32.1 Å². The predicted octanol–water partition coefficient (Wildman–Crippen LogP) is 4.61. The van der Waals surface area contributed by atoms with E-state index >= 15 is 0 Å². The normalized spacial score (nSPS) is 11.5. The topological polar surface area (TPSA) is 108 Å². The van der Waals surface area contributed by atoms with Gasteiger partial charge in [-0.05, 0) is 72.3 Å². The van der Waals surface area contributed by atoms with Crippen LogP contribution in [-0.2, 0) is 6.18 Å². The van der Waals surface area contributed by atoms with E-state index in [9.17, 15) is 22.8 Å². The summed E-state index contributed by atoms with van der Waals surface area (Å²) < 4.78 is 43.5. The van der Waals surface area contributed by atoms with Gasteiger partial charge in [-0.15, -0.1) is 0 Å². The third-order valence-corrected chi connectivity index (χ3v) is 4.91. The molecule has 178 valence electrons. The molecule has 35 heavy (non-hydrogen) atoms. The summed E-state index contributed by atoms with van der Waals surface area (Å²) in [6, 6.07) is 17.1. The number of aromatic nitrogens is 2. The van der Waals surface area contributed by atoms with E-state index in [1.54, 1.807) is 31.4 Å². The lowest BCUT2D eigenvalue weighted by molar-refractivity contribution is -0.144. The van der Waals surface area contributed by atoms with Gasteiger partial charge in [0.2, 0.25) is 5.82 Å². The van der Waals surface area contributed by atoms with Gasteiger partial charge in [-0.3, -0.25) is 9.59 Å². The minimum atomic E-state index is -4.60. The predicted molar refractivity (Wildman–Crippen MR) is 124 cm³/mol. The molecule has 0 spiro atoms. The number of hydrogen-bond acceptors (Lipinski definition) is 5. The number of carbonyl (C=O) groups is 2. The molecule has 0 bridgehead atoms. The molecule has 11 heteroatoms. The van der Waals surface area contributed by atoms with Crippen LogP contribution in [0.25, 0.3) is 11.0 Å². The van der Waals surface area contributed by atoms with Gasteiger partial charge in [-0.1, -0.05) is 0 Å². The van der Waals surface area contributed by atoms with Crippen molar-refractivity contribution in [3.8, 4) is 5.75 Å². The SMILES string of the molecule is COc1ccc(/C=N\NC(=O)c2ccc(C(=O)Nc3ccc4nc(C(F)(F)F)[nH]c4c3)cc2)cc1. The van der Waals surface area contributed by atoms with Crippen molar-refractivity contribution < 1.29 is 27.5 Å². The van der Waals surface area contributed by atoms with Crippen molar-refractivity contribution in [2.45, 2.75) is 6.18 Å². The second-order valence-electron chi connectivity index (χ2n) is 7.32. The number of hydrogen-bond donors (Lipinski definition) is 3. The summed E-state index contributed by atoms with van der Waals surface area (Å²) in [6.07, 6.45) is -3.12. The number of carbonyl (C=O) groups excluding carboxylic acids is 2. The van der Waals surface area contributed by atoms with E-state index in [1.807, 2.05) is 0 Å². The summed E-state index contributed by atoms with van der Waals surface area (Å²) in [4.78, 5) is 30.5. The minimum absolute atomic E-state index is 0.125. The molecule has 1 aromatic heterocycles. The fourth-order valence-corrected chi connectivity index (χ4v) is 3.12. The molecule has 2 amide bonds. The molecule has 0 aliphatic heterocycles. The van der Waals surface area contributed by atoms with E-state index in [0.29, 0.717) is 5.75 Å². The number of H-pyrrole nitrogens is 1. The highest BCUT2D eigenvalue weighted by Gasteiger charge is 2.34. The van der Waals surface area contributed by atoms with Crippen LogP contribution in [0, 0.1) is 0 Å². The molecule has 4 aromatic rings. The third kappa shape index (κ3) is 5.64. The lowest BCUT2D eigenvalue weighted by atomic mass is 10.1. The van der Waals surface area contributed by atoms with Crippen LogP contribution in [-0.4, -0.2) is 35.1 Å². The number of rotatable bonds is 6. The number of hydrazone groups is 1. The maximum atomic E-state index is 12.8. The average Bonchev–Trinajstić information content (AvgIpc) is 3.29. The van der Waals surface area contributed by atoms with E-state index in [1.165, 1.54) is 48.7 Å². The van der Waals surface area contributed by atoms with Crippen LogP contribution in [0.4, 0.5) is 18.9 Å². The standard InChI is InChI=1S/C24H18F3N5O3/c1-35-18-9-2-14(3-10-18)13-28-32-22(34)16-6-4-15(5-7-16)21(33)29-17-8-11-19-20(12-17)31-23(30-19)24(25,26)27/h2-13H,1H3,(H,29,33)(H,30,31)(H,32,34)/b28-13-. The van der Waals surface area contributed by atoms with E-state index in [-0.39, 0.29) is 27.8 Å². The molecule has 1 heterocycles. The molecule has 0 aliphatic carbocycles. The molecular formula is C24H18F3N5O3. The maximum Gasteiger partial charge on any atom is 0.449 e. The number of amides is 2. The van der Waals surface area contributed by atoms with Crippen molar-refractivity contribution in [1.29, 1.82) is 0 Å². The highest BCUT2D eigenvalue weighted by molar-refractivity contribution is 6.05. The minimum Gasteiger partial charge on any atom is -0.497 e. The second-order valence-corrected chi connectivity index (χ2v) is 7.32. The zero-order chi connectivity index (χ0) is 25.0. The number of nitrogens with zero attached hydrogens (tertiary/aromatic N) is 2. The zero-order valence-corrected chi connectivity index (χ0v) is 18.2. The van der Waals surface area contributed by atoms with Gasteiger partial charge >= 0.3 is 6.18 Å². The van der Waals surface area contributed by atoms with Gasteiger partial charge in [0.15, 0.2) is 0 Å². The fraction of sp³-hybridized carbons (Fsp3) is 0.0833. The second kappa shape index (κ2) is 9.67. The Morgan fingerprint density at radius 3 is 2.26 bits per heavy atom. The third-order valence-electron chi connectivity index (χ3n) is 4.91. The van der Waals surface area contributed by atoms with Crippen molar-refractivity contribution in [1.82, 2.24) is 15.4 Å². The Morgan fingerprint density at radius 1 is 0.971 bits per heavy atom. The Labute approximate surface area is 196 Å². The first-order valence-electron chi connectivity index (χ1n) is 10.2. The van der Waals surface area contributed by atoms with Crippen molar-refractivity contribution in [3.63, 3.8) is 0 Å². The number of alkyl halides is 3. The largest absolute Gasteiger partial charge is 0.497 e. The van der Waals surface area contributed by atoms with Gasteiger partial charge in [0.05, 0.1) is 24.4 Å². The van der Waals surface area contributed by atoms with Gasteiger partial charge in [-0.2, -0.15) is 18.3 Å². The van der Waals surface area contributed by atoms with Crippen molar-refractivity contribution >= 4 is 34.7 Å². The van der Waals surface area contributed by atoms with Crippen LogP contribution in [0.3, 0.4) is 0 Å². The van der Waals surface area contributed by atoms with Crippen LogP contribution in [0.5, 0.6) is 5.75 Å². The van der Waals surface area contributed by atoms with Crippen LogP contribution >= 0.6 is 0 Å². The average molecular weight is 481 g/mol. The number of aromatic amines is 1. The van der Waals surface area contributed by atoms with E-state index in [0.717, 1.165) is 5.56 Å². The molecule has 0 fully saturated rings. The number of imidazole rings is 1. The van der Waals surface area contributed by atoms with Gasteiger partial charge in [0, 0.05) is 16.8 Å². The smallest absolute Gasteiger partial charge is 0.449 e. The summed E-state index contributed by atoms with van der Waals surface area (Å²) in [7, 11) is 1.56. The number of methoxy groups -OCH3 is 1. The summed E-state index contributed by atoms with van der Waals surface area (Å²) in [5.74, 6) is -1.37. The number of fused-ring (bicyclic) bond motifs is 1. The lowest BCUT2D eigenvalue weighted by Gasteiger charge is -2.06. The highest BCUT2D eigenvalue weighted by Crippen LogP contribution is 2.29. The Morgan fingerprint density at radius 2 is 1.63 bits per heavy atom. The van der Waals surface area contributed by atoms with E-state index in [2.05, 4.69) is 25.8 Å². The van der Waals surface area contributed by atoms with Crippen LogP contribution in [0.2, 0.25) is 0 Å². The highest BCUT2D eigenvalue weighted by atomic mass is 19.4. The quantitative estimate of drug-likeness (QED) is 0.276. The molecule has 0 radical (unpaired) electrons. The van der Waals surface area contributed by atoms with Gasteiger partial charge in [0.25, 0.3) is 11.8 Å². The zero-order valence-electron chi connectivity index (χ0n) is 18.2. The lowest BCUT2D eigenvalue weighted by Crippen LogP contribution is -2.18. The first kappa shape index (κ1) is 23.5. The first-order chi connectivity index (χ1) is 16.7. The maximum absolute atomic E-state index is 12.8. The molecule has 8 nitrogen and oxygen atoms in total. The van der Waals surface area contributed by atoms with E-state index in [4.69, 9.17) is 4.74 Å². The summed E-state index contributed by atoms with van der Waals surface area (Å²) in [5.41, 5.74) is 4.25. The van der Waals surface area contributed by atoms with Gasteiger partial charge < -0.3 is 15.0 Å². The molecule has 0 aliphatic rings. The van der Waals surface area contributed by atoms with Crippen LogP contribution in [0.15, 0.2) is 71.8 Å². The van der Waals surface area contributed by atoms with Gasteiger partial charge in [0.1, 0.15) is 5.75 Å². The van der Waals surface area contributed by atoms with Crippen molar-refractivity contribution in [2.75, 3.05) is 12.4 Å².